The molecule has 0 radical (unpaired) electrons. The molecular weight excluding hydrogens is 224 g/mol. The van der Waals surface area contributed by atoms with E-state index in [9.17, 15) is 0 Å². The Morgan fingerprint density at radius 1 is 1.06 bits per heavy atom. The van der Waals surface area contributed by atoms with Crippen LogP contribution in [-0.4, -0.2) is 15.9 Å². The Morgan fingerprint density at radius 3 is 2.38 bits per heavy atom. The molecule has 0 unspecified atom stereocenters. The van der Waals surface area contributed by atoms with Gasteiger partial charge in [-0.3, -0.25) is 0 Å². The lowest BCUT2D eigenvalue weighted by Gasteiger charge is -2.03. The molecule has 0 atom stereocenters. The number of hydrogen-bond donors (Lipinski definition) is 1. The van der Waals surface area contributed by atoms with Crippen LogP contribution in [-0.2, 0) is 0 Å². The number of hydrogen-bond acceptors (Lipinski definition) is 3. The molecule has 4 heteroatoms. The zero-order valence-electron chi connectivity index (χ0n) is 8.34. The molecule has 0 saturated heterocycles. The quantitative estimate of drug-likeness (QED) is 0.375. The van der Waals surface area contributed by atoms with Crippen molar-refractivity contribution in [3.8, 4) is 0 Å². The summed E-state index contributed by atoms with van der Waals surface area (Å²) < 4.78 is 0. The van der Waals surface area contributed by atoms with E-state index in [4.69, 9.17) is 16.8 Å². The van der Waals surface area contributed by atoms with Crippen molar-refractivity contribution in [3.63, 3.8) is 0 Å². The van der Waals surface area contributed by atoms with Gasteiger partial charge in [-0.2, -0.15) is 0 Å². The summed E-state index contributed by atoms with van der Waals surface area (Å²) in [5.74, 6) is 0. The molecule has 0 aliphatic carbocycles. The lowest BCUT2D eigenvalue weighted by atomic mass is 10.0. The average molecular weight is 233 g/mol. The maximum Gasteiger partial charge on any atom is 0.129 e. The van der Waals surface area contributed by atoms with Crippen LogP contribution in [0.2, 0.25) is 5.15 Å². The summed E-state index contributed by atoms with van der Waals surface area (Å²) in [6.07, 6.45) is 1.57. The highest BCUT2D eigenvalue weighted by molar-refractivity contribution is 6.29. The second kappa shape index (κ2) is 4.77. The van der Waals surface area contributed by atoms with Gasteiger partial charge < -0.3 is 5.21 Å². The van der Waals surface area contributed by atoms with Gasteiger partial charge in [0.25, 0.3) is 0 Å². The van der Waals surface area contributed by atoms with Gasteiger partial charge in [-0.05, 0) is 12.1 Å². The fraction of sp³-hybridized carbons (Fsp3) is 0. The molecule has 16 heavy (non-hydrogen) atoms. The van der Waals surface area contributed by atoms with Crippen LogP contribution in [0.15, 0.2) is 53.8 Å². The summed E-state index contributed by atoms with van der Waals surface area (Å²) in [6.45, 7) is 0. The number of benzene rings is 1. The molecule has 1 aromatic heterocycles. The molecule has 1 heterocycles. The van der Waals surface area contributed by atoms with E-state index in [1.807, 2.05) is 30.3 Å². The second-order valence-corrected chi connectivity index (χ2v) is 3.57. The molecule has 80 valence electrons. The molecule has 2 aromatic rings. The number of halogens is 1. The van der Waals surface area contributed by atoms with E-state index >= 15 is 0 Å². The topological polar surface area (TPSA) is 45.5 Å². The predicted molar refractivity (Wildman–Crippen MR) is 63.1 cm³/mol. The maximum atomic E-state index is 9.03. The van der Waals surface area contributed by atoms with Crippen LogP contribution in [0.25, 0.3) is 0 Å². The number of nitrogens with zero attached hydrogens (tertiary/aromatic N) is 2. The molecule has 2 rings (SSSR count). The minimum atomic E-state index is 0.411. The van der Waals surface area contributed by atoms with Gasteiger partial charge in [0.05, 0.1) is 0 Å². The minimum absolute atomic E-state index is 0.411. The van der Waals surface area contributed by atoms with Crippen molar-refractivity contribution in [3.05, 3.63) is 64.9 Å². The maximum absolute atomic E-state index is 9.03. The number of oxime groups is 1. The summed E-state index contributed by atoms with van der Waals surface area (Å²) in [5, 5.41) is 12.7. The van der Waals surface area contributed by atoms with E-state index < -0.39 is 0 Å². The zero-order valence-corrected chi connectivity index (χ0v) is 9.09. The SMILES string of the molecule is ON=C(c1ccccc1)c1ccc(Cl)nc1. The van der Waals surface area contributed by atoms with Gasteiger partial charge in [-0.25, -0.2) is 4.98 Å². The standard InChI is InChI=1S/C12H9ClN2O/c13-11-7-6-10(8-14-11)12(15-16)9-4-2-1-3-5-9/h1-8,16H. The van der Waals surface area contributed by atoms with Crippen molar-refractivity contribution in [1.29, 1.82) is 0 Å². The van der Waals surface area contributed by atoms with Gasteiger partial charge in [0.2, 0.25) is 0 Å². The van der Waals surface area contributed by atoms with Crippen LogP contribution in [0.4, 0.5) is 0 Å². The van der Waals surface area contributed by atoms with Crippen molar-refractivity contribution >= 4 is 17.3 Å². The number of rotatable bonds is 2. The largest absolute Gasteiger partial charge is 0.410 e. The molecule has 0 amide bonds. The number of pyridine rings is 1. The van der Waals surface area contributed by atoms with E-state index in [0.717, 1.165) is 11.1 Å². The molecule has 0 fully saturated rings. The smallest absolute Gasteiger partial charge is 0.129 e. The Labute approximate surface area is 98.0 Å². The van der Waals surface area contributed by atoms with Crippen LogP contribution in [0.5, 0.6) is 0 Å². The molecule has 0 spiro atoms. The highest BCUT2D eigenvalue weighted by Gasteiger charge is 2.07. The first kappa shape index (κ1) is 10.6. The summed E-state index contributed by atoms with van der Waals surface area (Å²) in [5.41, 5.74) is 2.02. The average Bonchev–Trinajstić information content (AvgIpc) is 2.34. The third-order valence-corrected chi connectivity index (χ3v) is 2.37. The molecule has 0 aliphatic rings. The fourth-order valence-corrected chi connectivity index (χ4v) is 1.51. The van der Waals surface area contributed by atoms with E-state index in [-0.39, 0.29) is 0 Å². The highest BCUT2D eigenvalue weighted by atomic mass is 35.5. The highest BCUT2D eigenvalue weighted by Crippen LogP contribution is 2.12. The van der Waals surface area contributed by atoms with Crippen LogP contribution in [0.3, 0.4) is 0 Å². The van der Waals surface area contributed by atoms with Crippen LogP contribution in [0.1, 0.15) is 11.1 Å². The lowest BCUT2D eigenvalue weighted by Crippen LogP contribution is -2.03. The summed E-state index contributed by atoms with van der Waals surface area (Å²) >= 11 is 5.69. The third kappa shape index (κ3) is 2.20. The van der Waals surface area contributed by atoms with Crippen molar-refractivity contribution in [2.45, 2.75) is 0 Å². The Morgan fingerprint density at radius 2 is 1.81 bits per heavy atom. The molecular formula is C12H9ClN2O. The molecule has 1 aromatic carbocycles. The van der Waals surface area contributed by atoms with E-state index in [1.54, 1.807) is 18.3 Å². The Kier molecular flexibility index (Phi) is 3.17. The molecule has 0 saturated carbocycles. The van der Waals surface area contributed by atoms with Gasteiger partial charge in [-0.15, -0.1) is 0 Å². The van der Waals surface area contributed by atoms with Gasteiger partial charge in [0.1, 0.15) is 10.9 Å². The first-order valence-corrected chi connectivity index (χ1v) is 5.08. The summed E-state index contributed by atoms with van der Waals surface area (Å²) in [6, 6.07) is 12.8. The van der Waals surface area contributed by atoms with Crippen molar-refractivity contribution in [2.75, 3.05) is 0 Å². The molecule has 0 bridgehead atoms. The lowest BCUT2D eigenvalue weighted by molar-refractivity contribution is 0.319. The molecule has 0 aliphatic heterocycles. The van der Waals surface area contributed by atoms with Crippen LogP contribution in [0, 0.1) is 0 Å². The van der Waals surface area contributed by atoms with Gasteiger partial charge >= 0.3 is 0 Å². The number of aromatic nitrogens is 1. The molecule has 1 N–H and O–H groups in total. The Hall–Kier alpha value is -1.87. The summed E-state index contributed by atoms with van der Waals surface area (Å²) in [7, 11) is 0. The molecule has 3 nitrogen and oxygen atoms in total. The van der Waals surface area contributed by atoms with E-state index in [1.165, 1.54) is 0 Å². The minimum Gasteiger partial charge on any atom is -0.410 e. The first-order valence-electron chi connectivity index (χ1n) is 4.70. The second-order valence-electron chi connectivity index (χ2n) is 3.18. The third-order valence-electron chi connectivity index (χ3n) is 2.15. The van der Waals surface area contributed by atoms with E-state index in [2.05, 4.69) is 10.1 Å². The van der Waals surface area contributed by atoms with Gasteiger partial charge in [0.15, 0.2) is 0 Å². The van der Waals surface area contributed by atoms with Crippen molar-refractivity contribution < 1.29 is 5.21 Å². The Bertz CT molecular complexity index is 494. The monoisotopic (exact) mass is 232 g/mol. The van der Waals surface area contributed by atoms with E-state index in [0.29, 0.717) is 10.9 Å². The Balaban J connectivity index is 2.42. The van der Waals surface area contributed by atoms with Crippen LogP contribution < -0.4 is 0 Å². The van der Waals surface area contributed by atoms with Crippen LogP contribution >= 0.6 is 11.6 Å². The normalized spacial score (nSPS) is 11.4. The van der Waals surface area contributed by atoms with Crippen molar-refractivity contribution in [2.24, 2.45) is 5.16 Å². The van der Waals surface area contributed by atoms with Crippen molar-refractivity contribution in [1.82, 2.24) is 4.98 Å². The first-order chi connectivity index (χ1) is 7.81. The van der Waals surface area contributed by atoms with Gasteiger partial charge in [0, 0.05) is 17.3 Å². The summed E-state index contributed by atoms with van der Waals surface area (Å²) in [4.78, 5) is 3.95. The predicted octanol–water partition coefficient (Wildman–Crippen LogP) is 2.96. The fourth-order valence-electron chi connectivity index (χ4n) is 1.39. The van der Waals surface area contributed by atoms with Gasteiger partial charge in [-0.1, -0.05) is 47.1 Å². The zero-order chi connectivity index (χ0) is 11.4.